The number of carbonyl (C=O) groups excluding carboxylic acids is 1. The summed E-state index contributed by atoms with van der Waals surface area (Å²) in [6.45, 7) is 1.21. The van der Waals surface area contributed by atoms with Crippen LogP contribution in [0.4, 0.5) is 5.00 Å². The van der Waals surface area contributed by atoms with Gasteiger partial charge in [-0.2, -0.15) is 5.26 Å². The van der Waals surface area contributed by atoms with Crippen molar-refractivity contribution in [1.29, 1.82) is 5.26 Å². The summed E-state index contributed by atoms with van der Waals surface area (Å²) in [7, 11) is 1.92. The number of hydrogen-bond donors (Lipinski definition) is 1. The topological polar surface area (TPSA) is 56.1 Å². The zero-order chi connectivity index (χ0) is 16.8. The molecule has 0 atom stereocenters. The number of thiophene rings is 1. The van der Waals surface area contributed by atoms with Crippen LogP contribution in [0.1, 0.15) is 17.5 Å². The third-order valence-corrected chi connectivity index (χ3v) is 4.63. The molecule has 0 saturated heterocycles. The smallest absolute Gasteiger partial charge is 0.226 e. The first kappa shape index (κ1) is 17.8. The second-order valence-corrected chi connectivity index (χ2v) is 6.81. The molecule has 0 unspecified atom stereocenters. The Hall–Kier alpha value is -1.58. The predicted molar refractivity (Wildman–Crippen MR) is 95.1 cm³/mol. The molecule has 0 aliphatic rings. The molecule has 4 nitrogen and oxygen atoms in total. The Balaban J connectivity index is 1.83. The van der Waals surface area contributed by atoms with Gasteiger partial charge in [-0.15, -0.1) is 11.3 Å². The molecule has 1 amide bonds. The van der Waals surface area contributed by atoms with E-state index < -0.39 is 0 Å². The number of carbonyl (C=O) groups is 1. The summed E-state index contributed by atoms with van der Waals surface area (Å²) in [4.78, 5) is 14.0. The Kier molecular flexibility index (Phi) is 6.43. The lowest BCUT2D eigenvalue weighted by Gasteiger charge is -2.17. The first-order chi connectivity index (χ1) is 11.0. The number of amides is 1. The van der Waals surface area contributed by atoms with Crippen LogP contribution in [0.25, 0.3) is 0 Å². The van der Waals surface area contributed by atoms with Crippen molar-refractivity contribution in [2.24, 2.45) is 0 Å². The van der Waals surface area contributed by atoms with E-state index in [0.29, 0.717) is 40.1 Å². The highest BCUT2D eigenvalue weighted by Gasteiger charge is 2.10. The summed E-state index contributed by atoms with van der Waals surface area (Å²) < 4.78 is 0. The standard InChI is InChI=1S/C16H15Cl2N3OS/c1-21(10-12-2-3-13(17)8-14(12)18)6-4-15(22)20-16-11(9-19)5-7-23-16/h2-3,5,7-8H,4,6,10H2,1H3,(H,20,22). The van der Waals surface area contributed by atoms with Gasteiger partial charge < -0.3 is 10.2 Å². The number of rotatable bonds is 6. The molecule has 120 valence electrons. The third-order valence-electron chi connectivity index (χ3n) is 3.21. The Labute approximate surface area is 149 Å². The van der Waals surface area contributed by atoms with Gasteiger partial charge in [0.05, 0.1) is 5.56 Å². The fraction of sp³-hybridized carbons (Fsp3) is 0.250. The van der Waals surface area contributed by atoms with E-state index in [4.69, 9.17) is 28.5 Å². The quantitative estimate of drug-likeness (QED) is 0.823. The SMILES string of the molecule is CN(CCC(=O)Nc1sccc1C#N)Cc1ccc(Cl)cc1Cl. The third kappa shape index (κ3) is 5.22. The van der Waals surface area contributed by atoms with Crippen molar-refractivity contribution in [3.63, 3.8) is 0 Å². The Morgan fingerprint density at radius 3 is 2.87 bits per heavy atom. The minimum atomic E-state index is -0.113. The van der Waals surface area contributed by atoms with Gasteiger partial charge in [0.25, 0.3) is 0 Å². The number of nitrogens with zero attached hydrogens (tertiary/aromatic N) is 2. The van der Waals surface area contributed by atoms with E-state index >= 15 is 0 Å². The van der Waals surface area contributed by atoms with Crippen molar-refractivity contribution in [1.82, 2.24) is 4.90 Å². The number of anilines is 1. The van der Waals surface area contributed by atoms with E-state index in [1.807, 2.05) is 24.1 Å². The molecule has 1 N–H and O–H groups in total. The van der Waals surface area contributed by atoms with Gasteiger partial charge in [-0.05, 0) is 36.2 Å². The van der Waals surface area contributed by atoms with E-state index in [0.717, 1.165) is 5.56 Å². The maximum absolute atomic E-state index is 12.0. The molecule has 1 heterocycles. The number of hydrogen-bond acceptors (Lipinski definition) is 4. The molecule has 23 heavy (non-hydrogen) atoms. The summed E-state index contributed by atoms with van der Waals surface area (Å²) in [5, 5.41) is 15.3. The zero-order valence-corrected chi connectivity index (χ0v) is 14.8. The van der Waals surface area contributed by atoms with Gasteiger partial charge in [-0.25, -0.2) is 0 Å². The Morgan fingerprint density at radius 2 is 2.17 bits per heavy atom. The molecule has 0 saturated carbocycles. The van der Waals surface area contributed by atoms with E-state index in [1.165, 1.54) is 11.3 Å². The van der Waals surface area contributed by atoms with Gasteiger partial charge in [-0.3, -0.25) is 4.79 Å². The molecule has 7 heteroatoms. The van der Waals surface area contributed by atoms with Crippen LogP contribution in [0.5, 0.6) is 0 Å². The van der Waals surface area contributed by atoms with Crippen LogP contribution in [-0.2, 0) is 11.3 Å². The van der Waals surface area contributed by atoms with E-state index in [9.17, 15) is 4.79 Å². The number of nitriles is 1. The second-order valence-electron chi connectivity index (χ2n) is 5.05. The predicted octanol–water partition coefficient (Wildman–Crippen LogP) is 4.39. The lowest BCUT2D eigenvalue weighted by Crippen LogP contribution is -2.24. The molecule has 2 rings (SSSR count). The molecule has 0 fully saturated rings. The maximum Gasteiger partial charge on any atom is 0.226 e. The van der Waals surface area contributed by atoms with Crippen LogP contribution < -0.4 is 5.32 Å². The minimum absolute atomic E-state index is 0.113. The molecule has 0 aliphatic heterocycles. The lowest BCUT2D eigenvalue weighted by atomic mass is 10.2. The van der Waals surface area contributed by atoms with E-state index in [1.54, 1.807) is 23.6 Å². The van der Waals surface area contributed by atoms with Crippen LogP contribution in [0.2, 0.25) is 10.0 Å². The van der Waals surface area contributed by atoms with E-state index in [-0.39, 0.29) is 5.91 Å². The fourth-order valence-electron chi connectivity index (χ4n) is 2.00. The van der Waals surface area contributed by atoms with E-state index in [2.05, 4.69) is 5.32 Å². The highest BCUT2D eigenvalue weighted by Crippen LogP contribution is 2.23. The summed E-state index contributed by atoms with van der Waals surface area (Å²) in [5.41, 5.74) is 1.45. The lowest BCUT2D eigenvalue weighted by molar-refractivity contribution is -0.116. The summed E-state index contributed by atoms with van der Waals surface area (Å²) in [6, 6.07) is 9.12. The normalized spacial score (nSPS) is 10.6. The molecule has 0 bridgehead atoms. The molecule has 0 spiro atoms. The average Bonchev–Trinajstić information content (AvgIpc) is 2.95. The first-order valence-electron chi connectivity index (χ1n) is 6.89. The van der Waals surface area contributed by atoms with Crippen molar-refractivity contribution in [2.75, 3.05) is 18.9 Å². The van der Waals surface area contributed by atoms with Crippen molar-refractivity contribution in [3.05, 3.63) is 50.8 Å². The van der Waals surface area contributed by atoms with Crippen LogP contribution in [0.15, 0.2) is 29.6 Å². The summed E-state index contributed by atoms with van der Waals surface area (Å²) in [6.07, 6.45) is 0.338. The van der Waals surface area contributed by atoms with Gasteiger partial charge in [0.2, 0.25) is 5.91 Å². The Bertz CT molecular complexity index is 739. The van der Waals surface area contributed by atoms with Crippen molar-refractivity contribution in [3.8, 4) is 6.07 Å². The largest absolute Gasteiger partial charge is 0.317 e. The second kappa shape index (κ2) is 8.32. The maximum atomic E-state index is 12.0. The first-order valence-corrected chi connectivity index (χ1v) is 8.53. The molecule has 0 aliphatic carbocycles. The number of benzene rings is 1. The van der Waals surface area contributed by atoms with Crippen LogP contribution in [-0.4, -0.2) is 24.4 Å². The van der Waals surface area contributed by atoms with Crippen molar-refractivity contribution < 1.29 is 4.79 Å². The minimum Gasteiger partial charge on any atom is -0.317 e. The van der Waals surface area contributed by atoms with Gasteiger partial charge in [0, 0.05) is 29.6 Å². The zero-order valence-electron chi connectivity index (χ0n) is 12.5. The van der Waals surface area contributed by atoms with Crippen LogP contribution >= 0.6 is 34.5 Å². The number of nitrogens with one attached hydrogen (secondary N) is 1. The van der Waals surface area contributed by atoms with Crippen molar-refractivity contribution >= 4 is 45.4 Å². The highest BCUT2D eigenvalue weighted by molar-refractivity contribution is 7.14. The van der Waals surface area contributed by atoms with Crippen LogP contribution in [0, 0.1) is 11.3 Å². The molecular weight excluding hydrogens is 353 g/mol. The summed E-state index contributed by atoms with van der Waals surface area (Å²) >= 11 is 13.4. The highest BCUT2D eigenvalue weighted by atomic mass is 35.5. The van der Waals surface area contributed by atoms with Crippen LogP contribution in [0.3, 0.4) is 0 Å². The van der Waals surface area contributed by atoms with Gasteiger partial charge in [0.15, 0.2) is 0 Å². The molecule has 2 aromatic rings. The molecular formula is C16H15Cl2N3OS. The number of halogens is 2. The molecule has 1 aromatic heterocycles. The molecule has 0 radical (unpaired) electrons. The average molecular weight is 368 g/mol. The monoisotopic (exact) mass is 367 g/mol. The molecule has 1 aromatic carbocycles. The summed E-state index contributed by atoms with van der Waals surface area (Å²) in [5.74, 6) is -0.113. The van der Waals surface area contributed by atoms with Gasteiger partial charge in [0.1, 0.15) is 11.1 Å². The fourth-order valence-corrected chi connectivity index (χ4v) is 3.22. The van der Waals surface area contributed by atoms with Gasteiger partial charge >= 0.3 is 0 Å². The van der Waals surface area contributed by atoms with Gasteiger partial charge in [-0.1, -0.05) is 29.3 Å². The Morgan fingerprint density at radius 1 is 1.39 bits per heavy atom. The van der Waals surface area contributed by atoms with Crippen molar-refractivity contribution in [2.45, 2.75) is 13.0 Å².